The van der Waals surface area contributed by atoms with Crippen LogP contribution in [0.2, 0.25) is 0 Å². The molecule has 1 atom stereocenters. The largest absolute Gasteiger partial charge is 0.444 e. The Morgan fingerprint density at radius 2 is 1.92 bits per heavy atom. The fourth-order valence-electron chi connectivity index (χ4n) is 2.60. The first kappa shape index (κ1) is 16.6. The van der Waals surface area contributed by atoms with E-state index in [1.807, 2.05) is 30.3 Å². The molecule has 0 spiro atoms. The first-order chi connectivity index (χ1) is 12.1. The zero-order valence-corrected chi connectivity index (χ0v) is 13.4. The molecule has 1 aliphatic rings. The molecule has 0 saturated carbocycles. The number of aromatic nitrogens is 1. The van der Waals surface area contributed by atoms with Crippen LogP contribution in [-0.2, 0) is 20.9 Å². The molecular formula is C18H17N3O4. The minimum atomic E-state index is -0.891. The number of ether oxygens (including phenoxy) is 1. The van der Waals surface area contributed by atoms with Crippen LogP contribution in [0.4, 0.5) is 10.6 Å². The first-order valence-corrected chi connectivity index (χ1v) is 7.90. The van der Waals surface area contributed by atoms with Crippen molar-refractivity contribution in [3.63, 3.8) is 0 Å². The molecule has 0 radical (unpaired) electrons. The van der Waals surface area contributed by atoms with Crippen LogP contribution in [0.1, 0.15) is 18.4 Å². The maximum atomic E-state index is 12.4. The van der Waals surface area contributed by atoms with E-state index in [9.17, 15) is 14.4 Å². The molecule has 1 N–H and O–H groups in total. The van der Waals surface area contributed by atoms with E-state index in [4.69, 9.17) is 4.74 Å². The van der Waals surface area contributed by atoms with Crippen molar-refractivity contribution in [2.45, 2.75) is 25.5 Å². The molecule has 2 heterocycles. The second kappa shape index (κ2) is 7.57. The van der Waals surface area contributed by atoms with Crippen molar-refractivity contribution < 1.29 is 19.1 Å². The summed E-state index contributed by atoms with van der Waals surface area (Å²) < 4.78 is 5.18. The standard InChI is InChI=1S/C18H17N3O4/c22-16-10-9-14(17(23)20-15-8-4-5-11-19-15)21(16)18(24)25-12-13-6-2-1-3-7-13/h1-8,11,14H,9-10,12H2,(H,19,20,23)/t14-/m1/s1. The van der Waals surface area contributed by atoms with Crippen molar-refractivity contribution >= 4 is 23.7 Å². The molecule has 128 valence electrons. The molecule has 0 unspecified atom stereocenters. The minimum Gasteiger partial charge on any atom is -0.444 e. The third kappa shape index (κ3) is 4.00. The van der Waals surface area contributed by atoms with Gasteiger partial charge in [-0.25, -0.2) is 14.7 Å². The molecule has 1 aromatic carbocycles. The van der Waals surface area contributed by atoms with Crippen molar-refractivity contribution in [1.82, 2.24) is 9.88 Å². The molecule has 7 heteroatoms. The van der Waals surface area contributed by atoms with Gasteiger partial charge in [-0.2, -0.15) is 0 Å². The van der Waals surface area contributed by atoms with Gasteiger partial charge in [0.1, 0.15) is 18.5 Å². The lowest BCUT2D eigenvalue weighted by atomic mass is 10.2. The van der Waals surface area contributed by atoms with E-state index in [-0.39, 0.29) is 19.4 Å². The van der Waals surface area contributed by atoms with Crippen molar-refractivity contribution in [1.29, 1.82) is 0 Å². The fraction of sp³-hybridized carbons (Fsp3) is 0.222. The number of amides is 3. The smallest absolute Gasteiger partial charge is 0.417 e. The van der Waals surface area contributed by atoms with E-state index in [2.05, 4.69) is 10.3 Å². The third-order valence-corrected chi connectivity index (χ3v) is 3.83. The summed E-state index contributed by atoms with van der Waals surface area (Å²) in [5, 5.41) is 2.61. The summed E-state index contributed by atoms with van der Waals surface area (Å²) in [7, 11) is 0. The van der Waals surface area contributed by atoms with Crippen LogP contribution in [0.5, 0.6) is 0 Å². The second-order valence-corrected chi connectivity index (χ2v) is 5.56. The predicted molar refractivity (Wildman–Crippen MR) is 89.4 cm³/mol. The van der Waals surface area contributed by atoms with Crippen LogP contribution in [0.15, 0.2) is 54.7 Å². The van der Waals surface area contributed by atoms with E-state index in [1.165, 1.54) is 0 Å². The van der Waals surface area contributed by atoms with Gasteiger partial charge in [0.15, 0.2) is 0 Å². The molecular weight excluding hydrogens is 322 g/mol. The molecule has 1 aliphatic heterocycles. The van der Waals surface area contributed by atoms with Crippen molar-refractivity contribution in [3.05, 3.63) is 60.3 Å². The number of likely N-dealkylation sites (tertiary alicyclic amines) is 1. The van der Waals surface area contributed by atoms with E-state index < -0.39 is 23.9 Å². The summed E-state index contributed by atoms with van der Waals surface area (Å²) in [4.78, 5) is 41.6. The number of hydrogen-bond acceptors (Lipinski definition) is 5. The van der Waals surface area contributed by atoms with E-state index in [1.54, 1.807) is 24.4 Å². The Balaban J connectivity index is 1.64. The zero-order chi connectivity index (χ0) is 17.6. The maximum Gasteiger partial charge on any atom is 0.417 e. The Morgan fingerprint density at radius 3 is 2.64 bits per heavy atom. The molecule has 3 amide bonds. The Labute approximate surface area is 144 Å². The van der Waals surface area contributed by atoms with Gasteiger partial charge >= 0.3 is 6.09 Å². The number of imide groups is 1. The number of carbonyl (C=O) groups excluding carboxylic acids is 3. The van der Waals surface area contributed by atoms with Crippen LogP contribution < -0.4 is 5.32 Å². The lowest BCUT2D eigenvalue weighted by molar-refractivity contribution is -0.131. The molecule has 0 aliphatic carbocycles. The van der Waals surface area contributed by atoms with Gasteiger partial charge in [0.2, 0.25) is 11.8 Å². The van der Waals surface area contributed by atoms with Gasteiger partial charge in [-0.05, 0) is 24.1 Å². The quantitative estimate of drug-likeness (QED) is 0.924. The molecule has 1 fully saturated rings. The molecule has 7 nitrogen and oxygen atoms in total. The summed E-state index contributed by atoms with van der Waals surface area (Å²) >= 11 is 0. The summed E-state index contributed by atoms with van der Waals surface area (Å²) in [5.41, 5.74) is 0.803. The SMILES string of the molecule is O=C(Nc1ccccn1)[C@H]1CCC(=O)N1C(=O)OCc1ccccc1. The van der Waals surface area contributed by atoms with Gasteiger partial charge in [0, 0.05) is 12.6 Å². The average Bonchev–Trinajstić information content (AvgIpc) is 3.03. The number of pyridine rings is 1. The van der Waals surface area contributed by atoms with Crippen LogP contribution in [0.25, 0.3) is 0 Å². The van der Waals surface area contributed by atoms with Gasteiger partial charge in [0.05, 0.1) is 0 Å². The second-order valence-electron chi connectivity index (χ2n) is 5.56. The Hall–Kier alpha value is -3.22. The van der Waals surface area contributed by atoms with Gasteiger partial charge in [-0.3, -0.25) is 9.59 Å². The van der Waals surface area contributed by atoms with Gasteiger partial charge in [0.25, 0.3) is 0 Å². The zero-order valence-electron chi connectivity index (χ0n) is 13.4. The number of anilines is 1. The molecule has 0 bridgehead atoms. The van der Waals surface area contributed by atoms with Crippen LogP contribution >= 0.6 is 0 Å². The van der Waals surface area contributed by atoms with E-state index >= 15 is 0 Å². The highest BCUT2D eigenvalue weighted by atomic mass is 16.6. The number of carbonyl (C=O) groups is 3. The monoisotopic (exact) mass is 339 g/mol. The van der Waals surface area contributed by atoms with Crippen LogP contribution in [0.3, 0.4) is 0 Å². The molecule has 2 aromatic rings. The molecule has 3 rings (SSSR count). The van der Waals surface area contributed by atoms with Crippen LogP contribution in [0, 0.1) is 0 Å². The summed E-state index contributed by atoms with van der Waals surface area (Å²) in [5.74, 6) is -0.509. The number of hydrogen-bond donors (Lipinski definition) is 1. The Morgan fingerprint density at radius 1 is 1.16 bits per heavy atom. The predicted octanol–water partition coefficient (Wildman–Crippen LogP) is 2.35. The van der Waals surface area contributed by atoms with Crippen LogP contribution in [-0.4, -0.2) is 33.8 Å². The molecule has 1 aromatic heterocycles. The Bertz CT molecular complexity index is 764. The highest BCUT2D eigenvalue weighted by Gasteiger charge is 2.41. The first-order valence-electron chi connectivity index (χ1n) is 7.90. The topological polar surface area (TPSA) is 88.6 Å². The number of rotatable bonds is 4. The third-order valence-electron chi connectivity index (χ3n) is 3.83. The summed E-state index contributed by atoms with van der Waals surface area (Å²) in [6.07, 6.45) is 1.12. The van der Waals surface area contributed by atoms with Gasteiger partial charge in [-0.15, -0.1) is 0 Å². The fourth-order valence-corrected chi connectivity index (χ4v) is 2.60. The summed E-state index contributed by atoms with van der Waals surface area (Å²) in [6, 6.07) is 13.3. The van der Waals surface area contributed by atoms with Gasteiger partial charge in [-0.1, -0.05) is 36.4 Å². The normalized spacial score (nSPS) is 16.6. The lowest BCUT2D eigenvalue weighted by Crippen LogP contribution is -2.45. The Kier molecular flexibility index (Phi) is 5.03. The highest BCUT2D eigenvalue weighted by Crippen LogP contribution is 2.21. The van der Waals surface area contributed by atoms with Crippen molar-refractivity contribution in [2.24, 2.45) is 0 Å². The molecule has 1 saturated heterocycles. The van der Waals surface area contributed by atoms with Crippen molar-refractivity contribution in [2.75, 3.05) is 5.32 Å². The number of benzene rings is 1. The maximum absolute atomic E-state index is 12.4. The number of nitrogens with one attached hydrogen (secondary N) is 1. The van der Waals surface area contributed by atoms with Crippen molar-refractivity contribution in [3.8, 4) is 0 Å². The average molecular weight is 339 g/mol. The van der Waals surface area contributed by atoms with E-state index in [0.29, 0.717) is 5.82 Å². The van der Waals surface area contributed by atoms with E-state index in [0.717, 1.165) is 10.5 Å². The number of nitrogens with zero attached hydrogens (tertiary/aromatic N) is 2. The van der Waals surface area contributed by atoms with Gasteiger partial charge < -0.3 is 10.1 Å². The highest BCUT2D eigenvalue weighted by molar-refractivity contribution is 6.04. The lowest BCUT2D eigenvalue weighted by Gasteiger charge is -2.21. The molecule has 25 heavy (non-hydrogen) atoms. The summed E-state index contributed by atoms with van der Waals surface area (Å²) in [6.45, 7) is 0.0397. The minimum absolute atomic E-state index is 0.0397.